The molecule has 200 valence electrons. The Morgan fingerprint density at radius 3 is 2.50 bits per heavy atom. The molecule has 6 rings (SSSR count). The molecule has 3 aliphatic rings. The van der Waals surface area contributed by atoms with Gasteiger partial charge in [0.1, 0.15) is 17.3 Å². The maximum absolute atomic E-state index is 13.6. The maximum Gasteiger partial charge on any atom is 0.258 e. The van der Waals surface area contributed by atoms with E-state index in [1.54, 1.807) is 6.07 Å². The summed E-state index contributed by atoms with van der Waals surface area (Å²) in [4.78, 5) is 29.9. The topological polar surface area (TPSA) is 110 Å². The smallest absolute Gasteiger partial charge is 0.258 e. The van der Waals surface area contributed by atoms with Crippen molar-refractivity contribution in [3.63, 3.8) is 0 Å². The van der Waals surface area contributed by atoms with Crippen molar-refractivity contribution < 1.29 is 28.6 Å². The first-order chi connectivity index (χ1) is 18.2. The van der Waals surface area contributed by atoms with Gasteiger partial charge in [-0.15, -0.1) is 0 Å². The molecule has 0 radical (unpaired) electrons. The molecule has 1 aromatic heterocycles. The number of aliphatic hydroxyl groups excluding tert-OH is 1. The second kappa shape index (κ2) is 10.4. The van der Waals surface area contributed by atoms with Crippen LogP contribution in [0.3, 0.4) is 0 Å². The van der Waals surface area contributed by atoms with Crippen LogP contribution in [0.4, 0.5) is 4.39 Å². The fourth-order valence-corrected chi connectivity index (χ4v) is 5.67. The number of carbonyl (C=O) groups is 2. The summed E-state index contributed by atoms with van der Waals surface area (Å²) in [6.07, 6.45) is 1.71. The van der Waals surface area contributed by atoms with Gasteiger partial charge in [0.15, 0.2) is 13.2 Å². The summed E-state index contributed by atoms with van der Waals surface area (Å²) in [6, 6.07) is 13.3. The predicted molar refractivity (Wildman–Crippen MR) is 140 cm³/mol. The zero-order valence-corrected chi connectivity index (χ0v) is 21.7. The van der Waals surface area contributed by atoms with Gasteiger partial charge in [-0.3, -0.25) is 14.6 Å². The Morgan fingerprint density at radius 2 is 1.76 bits per heavy atom. The highest BCUT2D eigenvalue weighted by Crippen LogP contribution is 2.47. The number of amides is 2. The summed E-state index contributed by atoms with van der Waals surface area (Å²) >= 11 is 5.67. The highest BCUT2D eigenvalue weighted by atomic mass is 35.5. The number of hydrogen-bond acceptors (Lipinski definition) is 6. The van der Waals surface area contributed by atoms with Crippen LogP contribution >= 0.6 is 11.6 Å². The molecule has 0 saturated heterocycles. The second-order valence-electron chi connectivity index (χ2n) is 10.2. The summed E-state index contributed by atoms with van der Waals surface area (Å²) in [5.74, 6) is -0.521. The molecule has 1 heterocycles. The standard InChI is InChI=1S/C28H29ClFN3O5/c1-17-12-23(19-4-2-3-5-22(19)31-17)38-16-26(36)33-28-10-8-27(9-11-28,14-24(28)34)32-25(35)15-37-18-6-7-20(29)21(30)13-18/h2-7,12-13,24,34H,8-11,14-16H2,1H3,(H,32,35)(H,33,36)/t24-,27?,28?/m1/s1. The van der Waals surface area contributed by atoms with E-state index in [1.165, 1.54) is 12.1 Å². The average Bonchev–Trinajstić information content (AvgIpc) is 2.89. The van der Waals surface area contributed by atoms with Gasteiger partial charge >= 0.3 is 0 Å². The summed E-state index contributed by atoms with van der Waals surface area (Å²) in [5, 5.41) is 17.8. The lowest BCUT2D eigenvalue weighted by Gasteiger charge is -2.56. The molecule has 1 atom stereocenters. The molecule has 2 bridgehead atoms. The molecule has 3 N–H and O–H groups in total. The zero-order chi connectivity index (χ0) is 26.9. The van der Waals surface area contributed by atoms with Gasteiger partial charge in [-0.25, -0.2) is 4.39 Å². The Balaban J connectivity index is 1.15. The molecule has 8 nitrogen and oxygen atoms in total. The molecule has 0 unspecified atom stereocenters. The average molecular weight is 542 g/mol. The Hall–Kier alpha value is -3.43. The zero-order valence-electron chi connectivity index (χ0n) is 20.9. The van der Waals surface area contributed by atoms with Crippen LogP contribution in [0.5, 0.6) is 11.5 Å². The third-order valence-electron chi connectivity index (χ3n) is 7.54. The number of rotatable bonds is 8. The van der Waals surface area contributed by atoms with Crippen molar-refractivity contribution in [2.24, 2.45) is 0 Å². The number of benzene rings is 2. The number of nitrogens with one attached hydrogen (secondary N) is 2. The van der Waals surface area contributed by atoms with E-state index in [0.717, 1.165) is 22.7 Å². The van der Waals surface area contributed by atoms with Gasteiger partial charge in [0.05, 0.1) is 22.2 Å². The Labute approximate surface area is 224 Å². The number of aliphatic hydroxyl groups is 1. The molecule has 0 aliphatic heterocycles. The van der Waals surface area contributed by atoms with Crippen LogP contribution in [0.1, 0.15) is 37.8 Å². The van der Waals surface area contributed by atoms with Crippen molar-refractivity contribution in [1.82, 2.24) is 15.6 Å². The number of aryl methyl sites for hydroxylation is 1. The lowest BCUT2D eigenvalue weighted by atomic mass is 9.60. The summed E-state index contributed by atoms with van der Waals surface area (Å²) in [6.45, 7) is 1.39. The fraction of sp³-hybridized carbons (Fsp3) is 0.393. The molecule has 2 aromatic carbocycles. The monoisotopic (exact) mass is 541 g/mol. The van der Waals surface area contributed by atoms with E-state index < -0.39 is 23.0 Å². The molecule has 10 heteroatoms. The van der Waals surface area contributed by atoms with Crippen LogP contribution in [-0.4, -0.2) is 52.3 Å². The Morgan fingerprint density at radius 1 is 1.05 bits per heavy atom. The Bertz CT molecular complexity index is 1380. The first-order valence-corrected chi connectivity index (χ1v) is 12.9. The first kappa shape index (κ1) is 26.2. The number of pyridine rings is 1. The van der Waals surface area contributed by atoms with E-state index in [4.69, 9.17) is 21.1 Å². The van der Waals surface area contributed by atoms with Crippen LogP contribution in [0.15, 0.2) is 48.5 Å². The number of fused-ring (bicyclic) bond motifs is 4. The third-order valence-corrected chi connectivity index (χ3v) is 7.85. The molecule has 3 aromatic rings. The van der Waals surface area contributed by atoms with Crippen molar-refractivity contribution in [1.29, 1.82) is 0 Å². The third kappa shape index (κ3) is 5.39. The second-order valence-corrected chi connectivity index (χ2v) is 10.6. The van der Waals surface area contributed by atoms with Gasteiger partial charge in [0, 0.05) is 28.8 Å². The maximum atomic E-state index is 13.6. The van der Waals surface area contributed by atoms with Crippen LogP contribution in [0, 0.1) is 12.7 Å². The molecular weight excluding hydrogens is 513 g/mol. The van der Waals surface area contributed by atoms with E-state index in [1.807, 2.05) is 31.2 Å². The number of carbonyl (C=O) groups excluding carboxylic acids is 2. The van der Waals surface area contributed by atoms with Crippen molar-refractivity contribution >= 4 is 34.3 Å². The van der Waals surface area contributed by atoms with Crippen LogP contribution in [-0.2, 0) is 9.59 Å². The van der Waals surface area contributed by atoms with E-state index in [-0.39, 0.29) is 35.8 Å². The molecule has 0 spiro atoms. The Kier molecular flexibility index (Phi) is 7.15. The van der Waals surface area contributed by atoms with Crippen LogP contribution in [0.25, 0.3) is 10.9 Å². The first-order valence-electron chi connectivity index (χ1n) is 12.5. The van der Waals surface area contributed by atoms with E-state index in [9.17, 15) is 19.1 Å². The summed E-state index contributed by atoms with van der Waals surface area (Å²) in [5.41, 5.74) is 0.236. The van der Waals surface area contributed by atoms with Crippen molar-refractivity contribution in [3.05, 3.63) is 65.1 Å². The summed E-state index contributed by atoms with van der Waals surface area (Å²) < 4.78 is 24.9. The molecule has 3 fully saturated rings. The number of halogens is 2. The van der Waals surface area contributed by atoms with E-state index >= 15 is 0 Å². The normalized spacial score (nSPS) is 24.2. The molecular formula is C28H29ClFN3O5. The van der Waals surface area contributed by atoms with Crippen molar-refractivity contribution in [2.75, 3.05) is 13.2 Å². The lowest BCUT2D eigenvalue weighted by molar-refractivity contribution is -0.137. The highest BCUT2D eigenvalue weighted by Gasteiger charge is 2.55. The van der Waals surface area contributed by atoms with Gasteiger partial charge in [0.2, 0.25) is 0 Å². The molecule has 38 heavy (non-hydrogen) atoms. The van der Waals surface area contributed by atoms with E-state index in [0.29, 0.717) is 37.9 Å². The van der Waals surface area contributed by atoms with Crippen LogP contribution < -0.4 is 20.1 Å². The molecule has 2 amide bonds. The van der Waals surface area contributed by atoms with Crippen LogP contribution in [0.2, 0.25) is 5.02 Å². The SMILES string of the molecule is Cc1cc(OCC(=O)NC23CCC(NC(=O)COc4ccc(Cl)c(F)c4)(CC2)C[C@H]3O)c2ccccc2n1. The van der Waals surface area contributed by atoms with Gasteiger partial charge in [-0.1, -0.05) is 23.7 Å². The van der Waals surface area contributed by atoms with Crippen molar-refractivity contribution in [3.8, 4) is 11.5 Å². The van der Waals surface area contributed by atoms with Gasteiger partial charge in [-0.05, 0) is 63.3 Å². The quantitative estimate of drug-likeness (QED) is 0.400. The van der Waals surface area contributed by atoms with Crippen molar-refractivity contribution in [2.45, 2.75) is 56.2 Å². The number of para-hydroxylation sites is 1. The van der Waals surface area contributed by atoms with E-state index in [2.05, 4.69) is 15.6 Å². The number of hydrogen-bond donors (Lipinski definition) is 3. The number of aromatic nitrogens is 1. The number of ether oxygens (including phenoxy) is 2. The summed E-state index contributed by atoms with van der Waals surface area (Å²) in [7, 11) is 0. The minimum Gasteiger partial charge on any atom is -0.484 e. The minimum absolute atomic E-state index is 0.0258. The highest BCUT2D eigenvalue weighted by molar-refractivity contribution is 6.30. The largest absolute Gasteiger partial charge is 0.484 e. The fourth-order valence-electron chi connectivity index (χ4n) is 5.55. The van der Waals surface area contributed by atoms with Gasteiger partial charge in [-0.2, -0.15) is 0 Å². The van der Waals surface area contributed by atoms with Gasteiger partial charge in [0.25, 0.3) is 11.8 Å². The predicted octanol–water partition coefficient (Wildman–Crippen LogP) is 3.84. The lowest BCUT2D eigenvalue weighted by Crippen LogP contribution is -2.70. The van der Waals surface area contributed by atoms with Gasteiger partial charge < -0.3 is 25.2 Å². The number of nitrogens with zero attached hydrogens (tertiary/aromatic N) is 1. The minimum atomic E-state index is -0.829. The molecule has 3 aliphatic carbocycles. The molecule has 3 saturated carbocycles.